The summed E-state index contributed by atoms with van der Waals surface area (Å²) in [6.07, 6.45) is -5.08. The molecule has 2 aromatic carbocycles. The molecule has 0 fully saturated rings. The summed E-state index contributed by atoms with van der Waals surface area (Å²) in [5, 5.41) is 8.13. The summed E-state index contributed by atoms with van der Waals surface area (Å²) in [6.45, 7) is 2.11. The van der Waals surface area contributed by atoms with Gasteiger partial charge in [0, 0.05) is 19.5 Å². The Kier molecular flexibility index (Phi) is 6.07. The summed E-state index contributed by atoms with van der Waals surface area (Å²) in [4.78, 5) is 19.5. The number of hydrogen-bond donors (Lipinski definition) is 2. The maximum atomic E-state index is 10.6. The lowest BCUT2D eigenvalue weighted by Gasteiger charge is -2.15. The molecule has 1 heterocycles. The number of aryl methyl sites for hydroxylation is 1. The highest BCUT2D eigenvalue weighted by Gasteiger charge is 2.38. The Labute approximate surface area is 159 Å². The second kappa shape index (κ2) is 8.12. The number of aromatic nitrogens is 2. The Bertz CT molecular complexity index is 1000. The minimum Gasteiger partial charge on any atom is -0.475 e. The van der Waals surface area contributed by atoms with E-state index in [0.29, 0.717) is 5.95 Å². The molecule has 3 rings (SSSR count). The van der Waals surface area contributed by atoms with Crippen LogP contribution in [0.5, 0.6) is 0 Å². The zero-order valence-electron chi connectivity index (χ0n) is 15.4. The van der Waals surface area contributed by atoms with Crippen LogP contribution in [0.3, 0.4) is 0 Å². The molecule has 0 unspecified atom stereocenters. The lowest BCUT2D eigenvalue weighted by molar-refractivity contribution is -0.192. The third-order valence-corrected chi connectivity index (χ3v) is 3.82. The topological polar surface area (TPSA) is 92.3 Å². The van der Waals surface area contributed by atoms with Crippen LogP contribution in [0.15, 0.2) is 42.5 Å². The number of benzene rings is 2. The van der Waals surface area contributed by atoms with Crippen LogP contribution in [0.25, 0.3) is 22.0 Å². The van der Waals surface area contributed by atoms with Gasteiger partial charge >= 0.3 is 12.1 Å². The third-order valence-electron chi connectivity index (χ3n) is 3.82. The maximum Gasteiger partial charge on any atom is 0.490 e. The van der Waals surface area contributed by atoms with Gasteiger partial charge in [0.25, 0.3) is 0 Å². The van der Waals surface area contributed by atoms with Crippen LogP contribution >= 0.6 is 0 Å². The number of nitrogens with zero attached hydrogens (tertiary/aromatic N) is 3. The summed E-state index contributed by atoms with van der Waals surface area (Å²) in [6, 6.07) is 14.6. The van der Waals surface area contributed by atoms with E-state index < -0.39 is 12.1 Å². The second-order valence-electron chi connectivity index (χ2n) is 6.15. The molecule has 0 amide bonds. The Hall–Kier alpha value is -3.36. The van der Waals surface area contributed by atoms with Gasteiger partial charge in [-0.3, -0.25) is 0 Å². The predicted molar refractivity (Wildman–Crippen MR) is 102 cm³/mol. The fraction of sp³-hybridized carbons (Fsp3) is 0.211. The van der Waals surface area contributed by atoms with E-state index in [0.717, 1.165) is 22.3 Å². The van der Waals surface area contributed by atoms with E-state index in [1.165, 1.54) is 11.1 Å². The van der Waals surface area contributed by atoms with E-state index in [1.54, 1.807) is 0 Å². The molecular weight excluding hydrogens is 373 g/mol. The zero-order valence-corrected chi connectivity index (χ0v) is 15.4. The first-order valence-electron chi connectivity index (χ1n) is 8.11. The number of aliphatic carboxylic acids is 1. The fourth-order valence-electron chi connectivity index (χ4n) is 2.54. The summed E-state index contributed by atoms with van der Waals surface area (Å²) in [5.41, 5.74) is 10.3. The van der Waals surface area contributed by atoms with Crippen LogP contribution in [0.4, 0.5) is 24.9 Å². The van der Waals surface area contributed by atoms with Crippen molar-refractivity contribution < 1.29 is 23.1 Å². The molecule has 148 valence electrons. The first-order chi connectivity index (χ1) is 13.0. The molecule has 28 heavy (non-hydrogen) atoms. The minimum absolute atomic E-state index is 0.299. The van der Waals surface area contributed by atoms with Crippen molar-refractivity contribution in [1.82, 2.24) is 9.97 Å². The predicted octanol–water partition coefficient (Wildman–Crippen LogP) is 3.89. The lowest BCUT2D eigenvalue weighted by Crippen LogP contribution is -2.21. The minimum atomic E-state index is -5.08. The summed E-state index contributed by atoms with van der Waals surface area (Å²) in [7, 11) is 3.91. The van der Waals surface area contributed by atoms with Gasteiger partial charge in [0.2, 0.25) is 5.95 Å². The maximum absolute atomic E-state index is 10.6. The number of fused-ring (bicyclic) bond motifs is 1. The Morgan fingerprint density at radius 1 is 1.11 bits per heavy atom. The number of hydrogen-bond acceptors (Lipinski definition) is 5. The molecule has 0 radical (unpaired) electrons. The molecule has 6 nitrogen and oxygen atoms in total. The van der Waals surface area contributed by atoms with Crippen molar-refractivity contribution in [2.75, 3.05) is 24.7 Å². The summed E-state index contributed by atoms with van der Waals surface area (Å²) >= 11 is 0. The van der Waals surface area contributed by atoms with Crippen molar-refractivity contribution in [1.29, 1.82) is 0 Å². The van der Waals surface area contributed by atoms with Crippen LogP contribution in [0, 0.1) is 6.92 Å². The van der Waals surface area contributed by atoms with Gasteiger partial charge < -0.3 is 15.7 Å². The molecule has 1 aromatic heterocycles. The van der Waals surface area contributed by atoms with Gasteiger partial charge in [0.15, 0.2) is 0 Å². The van der Waals surface area contributed by atoms with E-state index >= 15 is 0 Å². The van der Waals surface area contributed by atoms with Gasteiger partial charge in [-0.15, -0.1) is 0 Å². The van der Waals surface area contributed by atoms with Crippen LogP contribution < -0.4 is 10.6 Å². The smallest absolute Gasteiger partial charge is 0.475 e. The van der Waals surface area contributed by atoms with Gasteiger partial charge in [-0.25, -0.2) is 9.78 Å². The Morgan fingerprint density at radius 2 is 1.71 bits per heavy atom. The lowest BCUT2D eigenvalue weighted by atomic mass is 9.99. The highest BCUT2D eigenvalue weighted by molar-refractivity contribution is 5.93. The van der Waals surface area contributed by atoms with Gasteiger partial charge in [-0.2, -0.15) is 18.2 Å². The van der Waals surface area contributed by atoms with Crippen LogP contribution in [-0.4, -0.2) is 41.3 Å². The first kappa shape index (κ1) is 20.9. The largest absolute Gasteiger partial charge is 0.490 e. The fourth-order valence-corrected chi connectivity index (χ4v) is 2.54. The Morgan fingerprint density at radius 3 is 2.25 bits per heavy atom. The SMILES string of the molecule is Cc1ccccc1-c1ccc2c(N(C)C)nc(N)nc2c1.O=C(O)C(F)(F)F. The van der Waals surface area contributed by atoms with Gasteiger partial charge in [0.05, 0.1) is 5.52 Å². The average Bonchev–Trinajstić information content (AvgIpc) is 2.60. The number of rotatable bonds is 2. The quantitative estimate of drug-likeness (QED) is 0.688. The summed E-state index contributed by atoms with van der Waals surface area (Å²) in [5.74, 6) is -1.62. The van der Waals surface area contributed by atoms with E-state index in [1.807, 2.05) is 31.1 Å². The third kappa shape index (κ3) is 4.87. The van der Waals surface area contributed by atoms with Gasteiger partial charge in [-0.1, -0.05) is 30.3 Å². The van der Waals surface area contributed by atoms with Crippen LogP contribution in [0.2, 0.25) is 0 Å². The molecule has 3 aromatic rings. The van der Waals surface area contributed by atoms with Crippen molar-refractivity contribution in [3.05, 3.63) is 48.0 Å². The average molecular weight is 392 g/mol. The number of nitrogens with two attached hydrogens (primary N) is 1. The molecule has 3 N–H and O–H groups in total. The number of carbonyl (C=O) groups is 1. The van der Waals surface area contributed by atoms with Crippen molar-refractivity contribution in [2.24, 2.45) is 0 Å². The molecule has 0 aliphatic carbocycles. The van der Waals surface area contributed by atoms with E-state index in [-0.39, 0.29) is 0 Å². The van der Waals surface area contributed by atoms with Gasteiger partial charge in [-0.05, 0) is 35.7 Å². The zero-order chi connectivity index (χ0) is 21.1. The number of anilines is 2. The van der Waals surface area contributed by atoms with Crippen molar-refractivity contribution in [3.8, 4) is 11.1 Å². The number of halogens is 3. The van der Waals surface area contributed by atoms with E-state index in [9.17, 15) is 13.2 Å². The van der Waals surface area contributed by atoms with Crippen LogP contribution in [-0.2, 0) is 4.79 Å². The highest BCUT2D eigenvalue weighted by atomic mass is 19.4. The molecule has 0 saturated carbocycles. The summed E-state index contributed by atoms with van der Waals surface area (Å²) < 4.78 is 31.7. The second-order valence-corrected chi connectivity index (χ2v) is 6.15. The normalized spacial score (nSPS) is 10.9. The van der Waals surface area contributed by atoms with E-state index in [4.69, 9.17) is 15.6 Å². The van der Waals surface area contributed by atoms with E-state index in [2.05, 4.69) is 47.2 Å². The first-order valence-corrected chi connectivity index (χ1v) is 8.11. The number of carboxylic acid groups (broad SMARTS) is 1. The molecule has 0 bridgehead atoms. The number of nitrogen functional groups attached to an aromatic ring is 1. The standard InChI is InChI=1S/C17H18N4.C2HF3O2/c1-11-6-4-5-7-13(11)12-8-9-14-15(10-12)19-17(18)20-16(14)21(2)3;3-2(4,5)1(6)7/h4-10H,1-3H3,(H2,18,19,20);(H,6,7). The monoisotopic (exact) mass is 392 g/mol. The highest BCUT2D eigenvalue weighted by Crippen LogP contribution is 2.29. The molecule has 0 saturated heterocycles. The van der Waals surface area contributed by atoms with Crippen molar-refractivity contribution >= 4 is 28.6 Å². The molecule has 0 aliphatic heterocycles. The Balaban J connectivity index is 0.000000345. The van der Waals surface area contributed by atoms with Crippen LogP contribution in [0.1, 0.15) is 5.56 Å². The number of alkyl halides is 3. The molecule has 0 spiro atoms. The number of carboxylic acids is 1. The molecule has 0 aliphatic rings. The molecule has 9 heteroatoms. The van der Waals surface area contributed by atoms with Crippen molar-refractivity contribution in [2.45, 2.75) is 13.1 Å². The molecule has 0 atom stereocenters. The van der Waals surface area contributed by atoms with Gasteiger partial charge in [0.1, 0.15) is 5.82 Å². The van der Waals surface area contributed by atoms with Crippen molar-refractivity contribution in [3.63, 3.8) is 0 Å². The molecular formula is C19H19F3N4O2.